The minimum atomic E-state index is -0.506. The lowest BCUT2D eigenvalue weighted by Crippen LogP contribution is -2.00. The summed E-state index contributed by atoms with van der Waals surface area (Å²) in [5, 5.41) is 13.4. The predicted octanol–water partition coefficient (Wildman–Crippen LogP) is 2.77. The van der Waals surface area contributed by atoms with Crippen LogP contribution >= 0.6 is 11.3 Å². The Balaban J connectivity index is 2.00. The number of nitrogens with one attached hydrogen (secondary N) is 1. The number of halogens is 1. The van der Waals surface area contributed by atoms with Gasteiger partial charge in [0.2, 0.25) is 5.95 Å². The highest BCUT2D eigenvalue weighted by Gasteiger charge is 2.00. The molecule has 16 heavy (non-hydrogen) atoms. The summed E-state index contributed by atoms with van der Waals surface area (Å²) in [6, 6.07) is 8.45. The molecule has 80 valence electrons. The van der Waals surface area contributed by atoms with Crippen molar-refractivity contribution in [2.45, 2.75) is 6.54 Å². The second-order valence-electron chi connectivity index (χ2n) is 3.11. The van der Waals surface area contributed by atoms with Gasteiger partial charge in [0.15, 0.2) is 0 Å². The summed E-state index contributed by atoms with van der Waals surface area (Å²) in [4.78, 5) is 4.69. The van der Waals surface area contributed by atoms with E-state index in [1.165, 1.54) is 17.4 Å². The molecule has 0 aliphatic carbocycles. The Hall–Kier alpha value is -1.93. The van der Waals surface area contributed by atoms with E-state index in [2.05, 4.69) is 16.4 Å². The van der Waals surface area contributed by atoms with Crippen molar-refractivity contribution >= 4 is 17.2 Å². The zero-order chi connectivity index (χ0) is 11.4. The topological polar surface area (TPSA) is 48.7 Å². The maximum Gasteiger partial charge on any atom is 0.214 e. The summed E-state index contributed by atoms with van der Waals surface area (Å²) in [7, 11) is 0. The van der Waals surface area contributed by atoms with Crippen LogP contribution in [0.1, 0.15) is 10.4 Å². The second kappa shape index (κ2) is 4.73. The minimum absolute atomic E-state index is 0.493. The summed E-state index contributed by atoms with van der Waals surface area (Å²) < 4.78 is 12.8. The highest BCUT2D eigenvalue weighted by Crippen LogP contribution is 2.15. The van der Waals surface area contributed by atoms with Crippen molar-refractivity contribution in [1.82, 2.24) is 4.98 Å². The molecule has 2 rings (SSSR count). The van der Waals surface area contributed by atoms with Crippen molar-refractivity contribution in [2.24, 2.45) is 0 Å². The summed E-state index contributed by atoms with van der Waals surface area (Å²) >= 11 is 1.49. The summed E-state index contributed by atoms with van der Waals surface area (Å²) in [6.45, 7) is 0.544. The molecule has 5 heteroatoms. The first-order chi connectivity index (χ1) is 7.78. The fourth-order valence-electron chi connectivity index (χ4n) is 1.22. The van der Waals surface area contributed by atoms with Crippen molar-refractivity contribution in [3.63, 3.8) is 0 Å². The fourth-order valence-corrected chi connectivity index (χ4v) is 1.97. The molecule has 0 aliphatic heterocycles. The molecule has 0 fully saturated rings. The van der Waals surface area contributed by atoms with Crippen LogP contribution in [0.25, 0.3) is 0 Å². The Kier molecular flexibility index (Phi) is 3.13. The average molecular weight is 233 g/mol. The molecular formula is C11H8FN3S. The molecular weight excluding hydrogens is 225 g/mol. The number of hydrogen-bond donors (Lipinski definition) is 1. The molecule has 0 saturated heterocycles. The predicted molar refractivity (Wildman–Crippen MR) is 60.6 cm³/mol. The minimum Gasteiger partial charge on any atom is -0.365 e. The molecule has 0 amide bonds. The van der Waals surface area contributed by atoms with Gasteiger partial charge >= 0.3 is 0 Å². The van der Waals surface area contributed by atoms with Crippen LogP contribution in [0.5, 0.6) is 0 Å². The molecule has 0 saturated carbocycles. The fraction of sp³-hybridized carbons (Fsp3) is 0.0909. The molecule has 0 bridgehead atoms. The van der Waals surface area contributed by atoms with Crippen molar-refractivity contribution < 1.29 is 4.39 Å². The maximum atomic E-state index is 12.8. The van der Waals surface area contributed by atoms with Crippen molar-refractivity contribution in [1.29, 1.82) is 5.26 Å². The normalized spacial score (nSPS) is 9.75. The van der Waals surface area contributed by atoms with E-state index >= 15 is 0 Å². The van der Waals surface area contributed by atoms with E-state index in [0.29, 0.717) is 17.9 Å². The van der Waals surface area contributed by atoms with Gasteiger partial charge in [-0.05, 0) is 18.2 Å². The van der Waals surface area contributed by atoms with Crippen LogP contribution in [0.3, 0.4) is 0 Å². The first kappa shape index (κ1) is 10.6. The zero-order valence-electron chi connectivity index (χ0n) is 8.27. The van der Waals surface area contributed by atoms with Gasteiger partial charge in [-0.15, -0.1) is 11.3 Å². The third-order valence-electron chi connectivity index (χ3n) is 1.94. The molecule has 2 heterocycles. The quantitative estimate of drug-likeness (QED) is 0.829. The lowest BCUT2D eigenvalue weighted by Gasteiger charge is -2.02. The van der Waals surface area contributed by atoms with Crippen molar-refractivity contribution in [3.8, 4) is 6.07 Å². The Morgan fingerprint density at radius 2 is 2.38 bits per heavy atom. The molecule has 1 N–H and O–H groups in total. The Morgan fingerprint density at radius 1 is 1.50 bits per heavy atom. The molecule has 0 atom stereocenters. The Labute approximate surface area is 96.2 Å². The van der Waals surface area contributed by atoms with Crippen LogP contribution in [0.4, 0.5) is 10.2 Å². The van der Waals surface area contributed by atoms with E-state index in [1.807, 2.05) is 0 Å². The van der Waals surface area contributed by atoms with Crippen molar-refractivity contribution in [3.05, 3.63) is 46.0 Å². The number of anilines is 1. The van der Waals surface area contributed by atoms with Gasteiger partial charge in [0.25, 0.3) is 0 Å². The highest BCUT2D eigenvalue weighted by atomic mass is 32.1. The number of hydrogen-bond acceptors (Lipinski definition) is 4. The van der Waals surface area contributed by atoms with Gasteiger partial charge in [-0.1, -0.05) is 6.07 Å². The lowest BCUT2D eigenvalue weighted by atomic mass is 10.3. The molecule has 0 radical (unpaired) electrons. The number of rotatable bonds is 3. The molecule has 2 aromatic heterocycles. The van der Waals surface area contributed by atoms with E-state index in [0.717, 1.165) is 4.88 Å². The van der Waals surface area contributed by atoms with Gasteiger partial charge in [0.1, 0.15) is 11.9 Å². The van der Waals surface area contributed by atoms with E-state index in [1.54, 1.807) is 23.6 Å². The average Bonchev–Trinajstić information content (AvgIpc) is 2.74. The Bertz CT molecular complexity index is 530. The largest absolute Gasteiger partial charge is 0.365 e. The third kappa shape index (κ3) is 2.55. The Morgan fingerprint density at radius 3 is 3.06 bits per heavy atom. The molecule has 0 unspecified atom stereocenters. The molecule has 0 aliphatic rings. The van der Waals surface area contributed by atoms with E-state index < -0.39 is 5.95 Å². The molecule has 0 aromatic carbocycles. The van der Waals surface area contributed by atoms with Crippen LogP contribution in [-0.4, -0.2) is 4.98 Å². The van der Waals surface area contributed by atoms with Gasteiger partial charge in [0.05, 0.1) is 12.1 Å². The van der Waals surface area contributed by atoms with Crippen LogP contribution in [0.2, 0.25) is 0 Å². The standard InChI is InChI=1S/C11H8FN3S/c12-10-2-1-3-11(15-10)14-6-9-4-8(5-13)7-16-9/h1-4,7H,6H2,(H,14,15). The van der Waals surface area contributed by atoms with Crippen LogP contribution in [-0.2, 0) is 6.54 Å². The van der Waals surface area contributed by atoms with Crippen molar-refractivity contribution in [2.75, 3.05) is 5.32 Å². The number of pyridine rings is 1. The first-order valence-corrected chi connectivity index (χ1v) is 5.50. The number of nitrogens with zero attached hydrogens (tertiary/aromatic N) is 2. The van der Waals surface area contributed by atoms with Crippen LogP contribution in [0.15, 0.2) is 29.6 Å². The first-order valence-electron chi connectivity index (χ1n) is 4.62. The van der Waals surface area contributed by atoms with E-state index in [9.17, 15) is 4.39 Å². The van der Waals surface area contributed by atoms with E-state index in [4.69, 9.17) is 5.26 Å². The SMILES string of the molecule is N#Cc1csc(CNc2cccc(F)n2)c1. The van der Waals surface area contributed by atoms with Gasteiger partial charge in [0, 0.05) is 10.3 Å². The van der Waals surface area contributed by atoms with Gasteiger partial charge in [-0.25, -0.2) is 4.98 Å². The number of thiophene rings is 1. The van der Waals surface area contributed by atoms with Crippen LogP contribution in [0, 0.1) is 17.3 Å². The van der Waals surface area contributed by atoms with Gasteiger partial charge in [-0.3, -0.25) is 0 Å². The van der Waals surface area contributed by atoms with Gasteiger partial charge in [-0.2, -0.15) is 9.65 Å². The van der Waals surface area contributed by atoms with Crippen LogP contribution < -0.4 is 5.32 Å². The molecule has 2 aromatic rings. The third-order valence-corrected chi connectivity index (χ3v) is 2.88. The summed E-state index contributed by atoms with van der Waals surface area (Å²) in [6.07, 6.45) is 0. The summed E-state index contributed by atoms with van der Waals surface area (Å²) in [5.74, 6) is -0.0131. The van der Waals surface area contributed by atoms with E-state index in [-0.39, 0.29) is 0 Å². The van der Waals surface area contributed by atoms with Gasteiger partial charge < -0.3 is 5.32 Å². The molecule has 0 spiro atoms. The lowest BCUT2D eigenvalue weighted by molar-refractivity contribution is 0.585. The number of aromatic nitrogens is 1. The monoisotopic (exact) mass is 233 g/mol. The second-order valence-corrected chi connectivity index (χ2v) is 4.11. The zero-order valence-corrected chi connectivity index (χ0v) is 9.09. The smallest absolute Gasteiger partial charge is 0.214 e. The summed E-state index contributed by atoms with van der Waals surface area (Å²) in [5.41, 5.74) is 0.647. The maximum absolute atomic E-state index is 12.8. The number of nitriles is 1. The highest BCUT2D eigenvalue weighted by molar-refractivity contribution is 7.10. The molecule has 3 nitrogen and oxygen atoms in total.